The molecule has 4 nitrogen and oxygen atoms in total. The standard InChI is InChI=1S/C9H10O2.N2/c1-7(10)8-3-5-9(11-2)6-4-8;1-2/h3-6H,1-2H3;. The van der Waals surface area contributed by atoms with Gasteiger partial charge in [0.25, 0.3) is 0 Å². The summed E-state index contributed by atoms with van der Waals surface area (Å²) in [6.45, 7) is 1.54. The molecule has 0 saturated carbocycles. The minimum Gasteiger partial charge on any atom is -0.497 e. The van der Waals surface area contributed by atoms with E-state index in [9.17, 15) is 4.79 Å². The summed E-state index contributed by atoms with van der Waals surface area (Å²) in [5.74, 6) is 0.850. The molecule has 0 aliphatic heterocycles. The zero-order valence-corrected chi connectivity index (χ0v) is 7.52. The smallest absolute Gasteiger partial charge is 0.159 e. The van der Waals surface area contributed by atoms with Gasteiger partial charge >= 0.3 is 0 Å². The molecule has 1 aromatic carbocycles. The number of methoxy groups -OCH3 is 1. The van der Waals surface area contributed by atoms with Crippen LogP contribution in [0, 0.1) is 10.8 Å². The molecule has 0 saturated heterocycles. The number of hydrogen-bond acceptors (Lipinski definition) is 4. The molecule has 0 amide bonds. The Hall–Kier alpha value is -1.89. The maximum absolute atomic E-state index is 10.8. The first-order valence-electron chi connectivity index (χ1n) is 3.59. The molecule has 1 aromatic rings. The third-order valence-electron chi connectivity index (χ3n) is 1.50. The van der Waals surface area contributed by atoms with Crippen molar-refractivity contribution in [1.29, 1.82) is 10.8 Å². The summed E-state index contributed by atoms with van der Waals surface area (Å²) in [6.07, 6.45) is 0. The lowest BCUT2D eigenvalue weighted by Gasteiger charge is -1.98. The first-order chi connectivity index (χ1) is 6.24. The molecule has 1 rings (SSSR count). The SMILES string of the molecule is COc1ccc(C(C)=O)cc1.N#N. The molecule has 68 valence electrons. The highest BCUT2D eigenvalue weighted by molar-refractivity contribution is 5.94. The van der Waals surface area contributed by atoms with Crippen molar-refractivity contribution in [2.75, 3.05) is 7.11 Å². The molecule has 13 heavy (non-hydrogen) atoms. The molecular formula is C9H10N2O2. The third kappa shape index (κ3) is 3.34. The fourth-order valence-corrected chi connectivity index (χ4v) is 0.826. The highest BCUT2D eigenvalue weighted by Crippen LogP contribution is 2.11. The fraction of sp³-hybridized carbons (Fsp3) is 0.222. The van der Waals surface area contributed by atoms with Crippen LogP contribution < -0.4 is 4.74 Å². The van der Waals surface area contributed by atoms with Gasteiger partial charge < -0.3 is 4.74 Å². The average molecular weight is 178 g/mol. The van der Waals surface area contributed by atoms with Gasteiger partial charge in [-0.05, 0) is 31.2 Å². The predicted octanol–water partition coefficient (Wildman–Crippen LogP) is 1.93. The number of ketones is 1. The maximum Gasteiger partial charge on any atom is 0.159 e. The van der Waals surface area contributed by atoms with E-state index in [0.29, 0.717) is 5.56 Å². The molecule has 0 N–H and O–H groups in total. The van der Waals surface area contributed by atoms with Crippen molar-refractivity contribution in [2.45, 2.75) is 6.92 Å². The molecule has 0 heterocycles. The molecule has 0 fully saturated rings. The van der Waals surface area contributed by atoms with E-state index >= 15 is 0 Å². The second-order valence-electron chi connectivity index (χ2n) is 2.28. The quantitative estimate of drug-likeness (QED) is 0.512. The summed E-state index contributed by atoms with van der Waals surface area (Å²) in [6, 6.07) is 7.05. The summed E-state index contributed by atoms with van der Waals surface area (Å²) in [5, 5.41) is 12.0. The second kappa shape index (κ2) is 5.72. The Labute approximate surface area is 76.6 Å². The van der Waals surface area contributed by atoms with Crippen LogP contribution >= 0.6 is 0 Å². The van der Waals surface area contributed by atoms with E-state index in [1.54, 1.807) is 38.3 Å². The van der Waals surface area contributed by atoms with E-state index in [4.69, 9.17) is 15.5 Å². The zero-order valence-electron chi connectivity index (χ0n) is 7.52. The molecule has 0 bridgehead atoms. The molecule has 4 heteroatoms. The number of ether oxygens (including phenoxy) is 1. The van der Waals surface area contributed by atoms with Crippen LogP contribution in [0.3, 0.4) is 0 Å². The van der Waals surface area contributed by atoms with E-state index in [0.717, 1.165) is 5.75 Å². The highest BCUT2D eigenvalue weighted by atomic mass is 16.5. The van der Waals surface area contributed by atoms with Gasteiger partial charge in [0.15, 0.2) is 5.78 Å². The number of nitrogens with zero attached hydrogens (tertiary/aromatic N) is 2. The van der Waals surface area contributed by atoms with Crippen molar-refractivity contribution >= 4 is 5.78 Å². The van der Waals surface area contributed by atoms with E-state index in [1.807, 2.05) is 0 Å². The fourth-order valence-electron chi connectivity index (χ4n) is 0.826. The molecule has 0 unspecified atom stereocenters. The number of Topliss-reactive ketones (excluding diaryl/α,β-unsaturated/α-hetero) is 1. The van der Waals surface area contributed by atoms with Crippen molar-refractivity contribution in [3.8, 4) is 5.75 Å². The Balaban J connectivity index is 0.000000671. The van der Waals surface area contributed by atoms with E-state index in [-0.39, 0.29) is 5.78 Å². The Morgan fingerprint density at radius 3 is 2.00 bits per heavy atom. The Kier molecular flexibility index (Phi) is 4.89. The van der Waals surface area contributed by atoms with Crippen LogP contribution in [-0.4, -0.2) is 12.9 Å². The lowest BCUT2D eigenvalue weighted by atomic mass is 10.1. The topological polar surface area (TPSA) is 73.9 Å². The molecule has 0 atom stereocenters. The van der Waals surface area contributed by atoms with Crippen LogP contribution in [0.4, 0.5) is 0 Å². The van der Waals surface area contributed by atoms with Gasteiger partial charge in [-0.25, -0.2) is 0 Å². The lowest BCUT2D eigenvalue weighted by Crippen LogP contribution is -1.91. The average Bonchev–Trinajstić information content (AvgIpc) is 2.21. The summed E-state index contributed by atoms with van der Waals surface area (Å²) in [5.41, 5.74) is 0.714. The van der Waals surface area contributed by atoms with Gasteiger partial charge in [-0.15, -0.1) is 0 Å². The summed E-state index contributed by atoms with van der Waals surface area (Å²) < 4.78 is 4.94. The van der Waals surface area contributed by atoms with Crippen molar-refractivity contribution in [3.63, 3.8) is 0 Å². The number of rotatable bonds is 2. The molecule has 0 aromatic heterocycles. The number of benzene rings is 1. The molecular weight excluding hydrogens is 168 g/mol. The molecule has 0 spiro atoms. The monoisotopic (exact) mass is 178 g/mol. The van der Waals surface area contributed by atoms with Gasteiger partial charge in [0.05, 0.1) is 7.11 Å². The minimum absolute atomic E-state index is 0.0765. The normalized spacial score (nSPS) is 8.00. The van der Waals surface area contributed by atoms with E-state index < -0.39 is 0 Å². The summed E-state index contributed by atoms with van der Waals surface area (Å²) >= 11 is 0. The highest BCUT2D eigenvalue weighted by Gasteiger charge is 1.97. The van der Waals surface area contributed by atoms with E-state index in [2.05, 4.69) is 0 Å². The second-order valence-corrected chi connectivity index (χ2v) is 2.28. The zero-order chi connectivity index (χ0) is 10.3. The van der Waals surface area contributed by atoms with Gasteiger partial charge in [-0.1, -0.05) is 0 Å². The van der Waals surface area contributed by atoms with Crippen LogP contribution in [0.15, 0.2) is 24.3 Å². The van der Waals surface area contributed by atoms with Crippen molar-refractivity contribution in [3.05, 3.63) is 29.8 Å². The number of carbonyl (C=O) groups is 1. The van der Waals surface area contributed by atoms with Crippen LogP contribution in [0.1, 0.15) is 17.3 Å². The number of carbonyl (C=O) groups excluding carboxylic acids is 1. The minimum atomic E-state index is 0.0765. The van der Waals surface area contributed by atoms with Gasteiger partial charge in [0.1, 0.15) is 5.75 Å². The van der Waals surface area contributed by atoms with E-state index in [1.165, 1.54) is 0 Å². The van der Waals surface area contributed by atoms with Crippen molar-refractivity contribution in [2.24, 2.45) is 0 Å². The molecule has 0 aliphatic rings. The van der Waals surface area contributed by atoms with Gasteiger partial charge in [-0.3, -0.25) is 4.79 Å². The summed E-state index contributed by atoms with van der Waals surface area (Å²) in [7, 11) is 1.60. The first-order valence-corrected chi connectivity index (χ1v) is 3.59. The van der Waals surface area contributed by atoms with Crippen LogP contribution in [0.5, 0.6) is 5.75 Å². The van der Waals surface area contributed by atoms with Crippen molar-refractivity contribution < 1.29 is 9.53 Å². The van der Waals surface area contributed by atoms with Gasteiger partial charge in [0.2, 0.25) is 0 Å². The van der Waals surface area contributed by atoms with Crippen LogP contribution in [0.25, 0.3) is 0 Å². The number of hydrogen-bond donors (Lipinski definition) is 0. The maximum atomic E-state index is 10.8. The molecule has 0 aliphatic carbocycles. The van der Waals surface area contributed by atoms with Gasteiger partial charge in [-0.2, -0.15) is 0 Å². The van der Waals surface area contributed by atoms with Gasteiger partial charge in [0, 0.05) is 16.3 Å². The van der Waals surface area contributed by atoms with Crippen LogP contribution in [-0.2, 0) is 0 Å². The Morgan fingerprint density at radius 2 is 1.69 bits per heavy atom. The Bertz CT molecular complexity index is 290. The molecule has 0 radical (unpaired) electrons. The summed E-state index contributed by atoms with van der Waals surface area (Å²) in [4.78, 5) is 10.8. The first kappa shape index (κ1) is 11.1. The van der Waals surface area contributed by atoms with Crippen molar-refractivity contribution in [1.82, 2.24) is 0 Å². The predicted molar refractivity (Wildman–Crippen MR) is 46.4 cm³/mol. The van der Waals surface area contributed by atoms with Crippen LogP contribution in [0.2, 0.25) is 0 Å². The Morgan fingerprint density at radius 1 is 1.23 bits per heavy atom. The largest absolute Gasteiger partial charge is 0.497 e. The lowest BCUT2D eigenvalue weighted by molar-refractivity contribution is 0.101. The third-order valence-corrected chi connectivity index (χ3v) is 1.50.